The molecule has 0 saturated heterocycles. The molecular formula is C17H15BrN2O3S. The summed E-state index contributed by atoms with van der Waals surface area (Å²) in [5, 5.41) is 14.0. The van der Waals surface area contributed by atoms with E-state index in [1.54, 1.807) is 30.6 Å². The van der Waals surface area contributed by atoms with E-state index in [2.05, 4.69) is 21.2 Å². The summed E-state index contributed by atoms with van der Waals surface area (Å²) in [5.41, 5.74) is 0.606. The van der Waals surface area contributed by atoms with Crippen LogP contribution < -0.4 is 14.8 Å². The average Bonchev–Trinajstić information content (AvgIpc) is 3.11. The Morgan fingerprint density at radius 3 is 2.71 bits per heavy atom. The summed E-state index contributed by atoms with van der Waals surface area (Å²) in [6.45, 7) is 0.388. The summed E-state index contributed by atoms with van der Waals surface area (Å²) in [6, 6.07) is 9.19. The van der Waals surface area contributed by atoms with Crippen LogP contribution in [0.1, 0.15) is 10.4 Å². The number of carbonyl (C=O) groups is 1. The van der Waals surface area contributed by atoms with Crippen molar-refractivity contribution >= 4 is 39.2 Å². The van der Waals surface area contributed by atoms with Gasteiger partial charge in [0.05, 0.1) is 25.2 Å². The van der Waals surface area contributed by atoms with E-state index in [1.807, 2.05) is 23.6 Å². The number of benzene rings is 1. The van der Waals surface area contributed by atoms with Crippen LogP contribution >= 0.6 is 27.3 Å². The molecule has 0 spiro atoms. The molecule has 1 N–H and O–H groups in total. The third-order valence-electron chi connectivity index (χ3n) is 3.17. The molecule has 1 amide bonds. The van der Waals surface area contributed by atoms with Gasteiger partial charge >= 0.3 is 0 Å². The van der Waals surface area contributed by atoms with Crippen LogP contribution in [0.25, 0.3) is 6.08 Å². The maximum atomic E-state index is 12.2. The van der Waals surface area contributed by atoms with Gasteiger partial charge in [-0.15, -0.1) is 11.3 Å². The van der Waals surface area contributed by atoms with E-state index in [1.165, 1.54) is 13.2 Å². The van der Waals surface area contributed by atoms with Gasteiger partial charge < -0.3 is 14.8 Å². The third-order valence-corrected chi connectivity index (χ3v) is 4.67. The van der Waals surface area contributed by atoms with Gasteiger partial charge in [-0.1, -0.05) is 6.07 Å². The van der Waals surface area contributed by atoms with Crippen LogP contribution in [0.15, 0.2) is 39.7 Å². The zero-order valence-electron chi connectivity index (χ0n) is 13.1. The maximum absolute atomic E-state index is 12.2. The normalized spacial score (nSPS) is 10.8. The number of methoxy groups -OCH3 is 2. The molecule has 0 aliphatic rings. The molecule has 0 atom stereocenters. The zero-order valence-corrected chi connectivity index (χ0v) is 15.5. The molecule has 0 aliphatic heterocycles. The van der Waals surface area contributed by atoms with Crippen molar-refractivity contribution in [3.05, 3.63) is 50.1 Å². The Hall–Kier alpha value is -2.30. The topological polar surface area (TPSA) is 71.3 Å². The first-order chi connectivity index (χ1) is 11.6. The number of ether oxygens (including phenoxy) is 2. The van der Waals surface area contributed by atoms with Crippen molar-refractivity contribution in [2.24, 2.45) is 0 Å². The van der Waals surface area contributed by atoms with Crippen molar-refractivity contribution in [2.45, 2.75) is 6.54 Å². The summed E-state index contributed by atoms with van der Waals surface area (Å²) in [5.74, 6) is 0.679. The quantitative estimate of drug-likeness (QED) is 0.585. The van der Waals surface area contributed by atoms with Crippen LogP contribution in [0.5, 0.6) is 11.5 Å². The van der Waals surface area contributed by atoms with Crippen LogP contribution in [0, 0.1) is 11.3 Å². The Balaban J connectivity index is 2.24. The number of hydrogen-bond donors (Lipinski definition) is 1. The second-order valence-corrected chi connectivity index (χ2v) is 6.55. The lowest BCUT2D eigenvalue weighted by Crippen LogP contribution is -2.23. The van der Waals surface area contributed by atoms with Crippen molar-refractivity contribution in [2.75, 3.05) is 14.2 Å². The first kappa shape index (κ1) is 18.0. The van der Waals surface area contributed by atoms with E-state index in [0.717, 1.165) is 4.88 Å². The van der Waals surface area contributed by atoms with E-state index in [0.29, 0.717) is 28.1 Å². The number of nitriles is 1. The van der Waals surface area contributed by atoms with Gasteiger partial charge in [0.1, 0.15) is 23.1 Å². The fourth-order valence-corrected chi connectivity index (χ4v) is 3.14. The molecular weight excluding hydrogens is 392 g/mol. The standard InChI is InChI=1S/C17H15BrN2O3S/c1-22-15-8-16(23-2)14(18)7-11(15)6-12(9-19)17(21)20-10-13-4-3-5-24-13/h3-8H,10H2,1-2H3,(H,20,21)/b12-6+. The smallest absolute Gasteiger partial charge is 0.262 e. The Morgan fingerprint density at radius 2 is 2.12 bits per heavy atom. The summed E-state index contributed by atoms with van der Waals surface area (Å²) in [7, 11) is 3.07. The Kier molecular flexibility index (Phi) is 6.41. The van der Waals surface area contributed by atoms with E-state index in [-0.39, 0.29) is 5.57 Å². The Morgan fingerprint density at radius 1 is 1.38 bits per heavy atom. The predicted octanol–water partition coefficient (Wildman–Crippen LogP) is 3.75. The molecule has 1 heterocycles. The minimum Gasteiger partial charge on any atom is -0.496 e. The van der Waals surface area contributed by atoms with E-state index >= 15 is 0 Å². The van der Waals surface area contributed by atoms with Crippen LogP contribution in [-0.4, -0.2) is 20.1 Å². The number of thiophene rings is 1. The van der Waals surface area contributed by atoms with Gasteiger partial charge in [0.15, 0.2) is 0 Å². The highest BCUT2D eigenvalue weighted by molar-refractivity contribution is 9.10. The highest BCUT2D eigenvalue weighted by Gasteiger charge is 2.13. The van der Waals surface area contributed by atoms with E-state index < -0.39 is 5.91 Å². The van der Waals surface area contributed by atoms with Crippen LogP contribution in [0.3, 0.4) is 0 Å². The van der Waals surface area contributed by atoms with E-state index in [9.17, 15) is 10.1 Å². The van der Waals surface area contributed by atoms with Crippen molar-refractivity contribution in [1.29, 1.82) is 5.26 Å². The second kappa shape index (κ2) is 8.52. The van der Waals surface area contributed by atoms with Crippen molar-refractivity contribution in [1.82, 2.24) is 5.32 Å². The van der Waals surface area contributed by atoms with Gasteiger partial charge in [-0.25, -0.2) is 0 Å². The van der Waals surface area contributed by atoms with Gasteiger partial charge in [0, 0.05) is 16.5 Å². The van der Waals surface area contributed by atoms with Crippen LogP contribution in [-0.2, 0) is 11.3 Å². The highest BCUT2D eigenvalue weighted by Crippen LogP contribution is 2.34. The molecule has 0 saturated carbocycles. The van der Waals surface area contributed by atoms with Crippen molar-refractivity contribution < 1.29 is 14.3 Å². The van der Waals surface area contributed by atoms with Crippen LogP contribution in [0.2, 0.25) is 0 Å². The summed E-state index contributed by atoms with van der Waals surface area (Å²) in [6.07, 6.45) is 1.49. The molecule has 2 aromatic rings. The largest absolute Gasteiger partial charge is 0.496 e. The molecule has 0 aliphatic carbocycles. The zero-order chi connectivity index (χ0) is 17.5. The molecule has 124 valence electrons. The van der Waals surface area contributed by atoms with Crippen LogP contribution in [0.4, 0.5) is 0 Å². The molecule has 0 unspecified atom stereocenters. The first-order valence-electron chi connectivity index (χ1n) is 6.93. The van der Waals surface area contributed by atoms with Gasteiger partial charge in [-0.05, 0) is 39.5 Å². The Bertz CT molecular complexity index is 795. The van der Waals surface area contributed by atoms with Crippen molar-refractivity contribution in [3.63, 3.8) is 0 Å². The van der Waals surface area contributed by atoms with Crippen molar-refractivity contribution in [3.8, 4) is 17.6 Å². The Labute approximate surface area is 152 Å². The second-order valence-electron chi connectivity index (χ2n) is 4.66. The number of amides is 1. The summed E-state index contributed by atoms with van der Waals surface area (Å²) < 4.78 is 11.2. The third kappa shape index (κ3) is 4.37. The number of halogens is 1. The van der Waals surface area contributed by atoms with E-state index in [4.69, 9.17) is 9.47 Å². The summed E-state index contributed by atoms with van der Waals surface area (Å²) in [4.78, 5) is 13.2. The number of rotatable bonds is 6. The lowest BCUT2D eigenvalue weighted by atomic mass is 10.1. The number of carbonyl (C=O) groups excluding carboxylic acids is 1. The molecule has 0 radical (unpaired) electrons. The SMILES string of the molecule is COc1cc(OC)c(/C=C(\C#N)C(=O)NCc2cccs2)cc1Br. The monoisotopic (exact) mass is 406 g/mol. The molecule has 0 bridgehead atoms. The number of nitrogens with one attached hydrogen (secondary N) is 1. The minimum atomic E-state index is -0.431. The lowest BCUT2D eigenvalue weighted by molar-refractivity contribution is -0.117. The highest BCUT2D eigenvalue weighted by atomic mass is 79.9. The summed E-state index contributed by atoms with van der Waals surface area (Å²) >= 11 is 4.93. The number of nitrogens with zero attached hydrogens (tertiary/aromatic N) is 1. The van der Waals surface area contributed by atoms with Gasteiger partial charge in [0.25, 0.3) is 5.91 Å². The minimum absolute atomic E-state index is 0.00178. The molecule has 1 aromatic heterocycles. The average molecular weight is 407 g/mol. The molecule has 0 fully saturated rings. The lowest BCUT2D eigenvalue weighted by Gasteiger charge is -2.10. The van der Waals surface area contributed by atoms with Gasteiger partial charge in [0.2, 0.25) is 0 Å². The molecule has 2 rings (SSSR count). The maximum Gasteiger partial charge on any atom is 0.262 e. The van der Waals surface area contributed by atoms with Gasteiger partial charge in [-0.2, -0.15) is 5.26 Å². The molecule has 24 heavy (non-hydrogen) atoms. The molecule has 5 nitrogen and oxygen atoms in total. The number of hydrogen-bond acceptors (Lipinski definition) is 5. The first-order valence-corrected chi connectivity index (χ1v) is 8.60. The fraction of sp³-hybridized carbons (Fsp3) is 0.176. The molecule has 7 heteroatoms. The molecule has 1 aromatic carbocycles. The fourth-order valence-electron chi connectivity index (χ4n) is 1.98. The van der Waals surface area contributed by atoms with Gasteiger partial charge in [-0.3, -0.25) is 4.79 Å². The predicted molar refractivity (Wildman–Crippen MR) is 97.0 cm³/mol.